The van der Waals surface area contributed by atoms with E-state index in [2.05, 4.69) is 0 Å². The Balaban J connectivity index is 1.63. The first-order valence-electron chi connectivity index (χ1n) is 10.7. The van der Waals surface area contributed by atoms with Crippen LogP contribution in [-0.2, 0) is 19.2 Å². The van der Waals surface area contributed by atoms with Gasteiger partial charge >= 0.3 is 0 Å². The third kappa shape index (κ3) is 3.81. The number of nitrogens with two attached hydrogens (primary N) is 1. The molecule has 3 amide bonds. The fourth-order valence-corrected chi connectivity index (χ4v) is 4.87. The van der Waals surface area contributed by atoms with E-state index >= 15 is 0 Å². The summed E-state index contributed by atoms with van der Waals surface area (Å²) in [6.07, 6.45) is 3.99. The molecule has 0 aromatic heterocycles. The molecule has 4 rings (SSSR count). The summed E-state index contributed by atoms with van der Waals surface area (Å²) in [5.74, 6) is -1.06. The predicted octanol–water partition coefficient (Wildman–Crippen LogP) is 1.93. The molecule has 3 atom stereocenters. The first-order valence-corrected chi connectivity index (χ1v) is 10.7. The van der Waals surface area contributed by atoms with Crippen molar-refractivity contribution in [2.75, 3.05) is 6.54 Å². The number of ether oxygens (including phenoxy) is 1. The molecule has 2 heterocycles. The van der Waals surface area contributed by atoms with E-state index in [1.807, 2.05) is 38.1 Å². The number of carbonyl (C=O) groups is 3. The summed E-state index contributed by atoms with van der Waals surface area (Å²) in [5.41, 5.74) is 6.18. The highest BCUT2D eigenvalue weighted by Gasteiger charge is 2.60. The van der Waals surface area contributed by atoms with Gasteiger partial charge in [0, 0.05) is 6.04 Å². The van der Waals surface area contributed by atoms with Crippen molar-refractivity contribution in [3.05, 3.63) is 29.8 Å². The second kappa shape index (κ2) is 8.35. The molecule has 1 saturated carbocycles. The number of imide groups is 1. The number of nitrogens with zero attached hydrogens (tertiary/aromatic N) is 2. The van der Waals surface area contributed by atoms with E-state index in [1.165, 1.54) is 9.96 Å². The number of primary amides is 1. The summed E-state index contributed by atoms with van der Waals surface area (Å²) >= 11 is 0. The molecule has 2 saturated heterocycles. The minimum Gasteiger partial charge on any atom is -0.491 e. The molecular formula is C22H29N3O5. The Morgan fingerprint density at radius 3 is 2.40 bits per heavy atom. The van der Waals surface area contributed by atoms with Crippen molar-refractivity contribution in [1.82, 2.24) is 9.96 Å². The maximum absolute atomic E-state index is 13.4. The first-order chi connectivity index (χ1) is 14.4. The van der Waals surface area contributed by atoms with E-state index in [0.717, 1.165) is 37.7 Å². The normalized spacial score (nSPS) is 27.7. The average molecular weight is 415 g/mol. The molecule has 162 valence electrons. The Morgan fingerprint density at radius 1 is 1.13 bits per heavy atom. The highest BCUT2D eigenvalue weighted by Crippen LogP contribution is 2.46. The average Bonchev–Trinajstić information content (AvgIpc) is 3.17. The third-order valence-electron chi connectivity index (χ3n) is 6.07. The summed E-state index contributed by atoms with van der Waals surface area (Å²) in [6.45, 7) is 3.70. The Morgan fingerprint density at radius 2 is 1.80 bits per heavy atom. The van der Waals surface area contributed by atoms with Crippen LogP contribution in [0.1, 0.15) is 57.6 Å². The van der Waals surface area contributed by atoms with Crippen LogP contribution in [0, 0.1) is 5.92 Å². The summed E-state index contributed by atoms with van der Waals surface area (Å²) < 4.78 is 5.70. The fourth-order valence-electron chi connectivity index (χ4n) is 4.87. The van der Waals surface area contributed by atoms with Gasteiger partial charge in [-0.05, 0) is 44.4 Å². The molecule has 1 aliphatic carbocycles. The van der Waals surface area contributed by atoms with Crippen LogP contribution in [0.3, 0.4) is 0 Å². The van der Waals surface area contributed by atoms with Gasteiger partial charge in [-0.1, -0.05) is 31.4 Å². The monoisotopic (exact) mass is 415 g/mol. The summed E-state index contributed by atoms with van der Waals surface area (Å²) in [4.78, 5) is 45.4. The number of fused-ring (bicyclic) bond motifs is 1. The van der Waals surface area contributed by atoms with Gasteiger partial charge in [0.2, 0.25) is 11.8 Å². The van der Waals surface area contributed by atoms with Crippen molar-refractivity contribution >= 4 is 17.7 Å². The van der Waals surface area contributed by atoms with Crippen LogP contribution in [0.5, 0.6) is 5.75 Å². The maximum Gasteiger partial charge on any atom is 0.261 e. The zero-order chi connectivity index (χ0) is 21.4. The number of rotatable bonds is 6. The number of hydrogen-bond acceptors (Lipinski definition) is 6. The first kappa shape index (κ1) is 20.8. The quantitative estimate of drug-likeness (QED) is 0.713. The fraction of sp³-hybridized carbons (Fsp3) is 0.591. The van der Waals surface area contributed by atoms with Gasteiger partial charge in [-0.15, -0.1) is 0 Å². The summed E-state index contributed by atoms with van der Waals surface area (Å²) in [6, 6.07) is 6.74. The van der Waals surface area contributed by atoms with Crippen molar-refractivity contribution in [2.45, 2.75) is 70.2 Å². The van der Waals surface area contributed by atoms with E-state index in [0.29, 0.717) is 5.75 Å². The van der Waals surface area contributed by atoms with Crippen molar-refractivity contribution < 1.29 is 24.0 Å². The summed E-state index contributed by atoms with van der Waals surface area (Å²) in [7, 11) is 0. The Kier molecular flexibility index (Phi) is 5.79. The molecule has 1 aromatic carbocycles. The Bertz CT molecular complexity index is 819. The van der Waals surface area contributed by atoms with Gasteiger partial charge < -0.3 is 10.5 Å². The van der Waals surface area contributed by atoms with Crippen LogP contribution in [0.4, 0.5) is 0 Å². The molecule has 3 fully saturated rings. The highest BCUT2D eigenvalue weighted by atomic mass is 16.7. The van der Waals surface area contributed by atoms with Crippen LogP contribution >= 0.6 is 0 Å². The second-order valence-corrected chi connectivity index (χ2v) is 8.61. The lowest BCUT2D eigenvalue weighted by Crippen LogP contribution is -2.45. The molecule has 0 bridgehead atoms. The van der Waals surface area contributed by atoms with Gasteiger partial charge in [0.15, 0.2) is 6.10 Å². The third-order valence-corrected chi connectivity index (χ3v) is 6.07. The van der Waals surface area contributed by atoms with E-state index in [-0.39, 0.29) is 30.5 Å². The van der Waals surface area contributed by atoms with Crippen molar-refractivity contribution in [1.29, 1.82) is 0 Å². The molecule has 30 heavy (non-hydrogen) atoms. The number of amides is 3. The maximum atomic E-state index is 13.4. The smallest absolute Gasteiger partial charge is 0.261 e. The van der Waals surface area contributed by atoms with Gasteiger partial charge in [-0.25, -0.2) is 0 Å². The van der Waals surface area contributed by atoms with E-state index in [9.17, 15) is 14.4 Å². The standard InChI is InChI=1S/C22H29N3O5/c1-13(2)29-16-10-8-14(9-11-16)19-18-20(30-24(19)12-17(23)26)22(28)25(21(18)27)15-6-4-3-5-7-15/h8-11,13,15,18-20H,3-7,12H2,1-2H3,(H2,23,26). The van der Waals surface area contributed by atoms with Crippen LogP contribution in [-0.4, -0.2) is 52.5 Å². The molecule has 8 nitrogen and oxygen atoms in total. The van der Waals surface area contributed by atoms with Crippen molar-refractivity contribution in [3.8, 4) is 5.75 Å². The van der Waals surface area contributed by atoms with E-state index < -0.39 is 24.0 Å². The lowest BCUT2D eigenvalue weighted by Gasteiger charge is -2.32. The molecule has 2 aliphatic heterocycles. The number of carbonyl (C=O) groups excluding carboxylic acids is 3. The molecule has 3 unspecified atom stereocenters. The highest BCUT2D eigenvalue weighted by molar-refractivity contribution is 6.07. The number of benzene rings is 1. The van der Waals surface area contributed by atoms with E-state index in [4.69, 9.17) is 15.3 Å². The zero-order valence-electron chi connectivity index (χ0n) is 17.5. The predicted molar refractivity (Wildman–Crippen MR) is 108 cm³/mol. The molecule has 3 aliphatic rings. The minimum absolute atomic E-state index is 0.0412. The van der Waals surface area contributed by atoms with Crippen molar-refractivity contribution in [3.63, 3.8) is 0 Å². The molecule has 2 N–H and O–H groups in total. The Labute approximate surface area is 176 Å². The molecule has 0 spiro atoms. The largest absolute Gasteiger partial charge is 0.491 e. The van der Waals surface area contributed by atoms with Crippen LogP contribution < -0.4 is 10.5 Å². The molecule has 1 aromatic rings. The number of hydrogen-bond donors (Lipinski definition) is 1. The van der Waals surface area contributed by atoms with Gasteiger partial charge in [-0.2, -0.15) is 5.06 Å². The van der Waals surface area contributed by atoms with Crippen LogP contribution in [0.15, 0.2) is 24.3 Å². The number of likely N-dealkylation sites (tertiary alicyclic amines) is 1. The topological polar surface area (TPSA) is 102 Å². The van der Waals surface area contributed by atoms with Gasteiger partial charge in [0.05, 0.1) is 18.1 Å². The van der Waals surface area contributed by atoms with Crippen LogP contribution in [0.25, 0.3) is 0 Å². The minimum atomic E-state index is -0.907. The molecular weight excluding hydrogens is 386 g/mol. The Hall–Kier alpha value is -2.45. The zero-order valence-corrected chi connectivity index (χ0v) is 17.5. The SMILES string of the molecule is CC(C)Oc1ccc(C2C3C(=O)N(C4CCCCC4)C(=O)C3ON2CC(N)=O)cc1. The van der Waals surface area contributed by atoms with Gasteiger partial charge in [0.25, 0.3) is 5.91 Å². The second-order valence-electron chi connectivity index (χ2n) is 8.61. The lowest BCUT2D eigenvalue weighted by molar-refractivity contribution is -0.183. The van der Waals surface area contributed by atoms with Gasteiger partial charge in [0.1, 0.15) is 12.3 Å². The molecule has 8 heteroatoms. The molecule has 0 radical (unpaired) electrons. The lowest BCUT2D eigenvalue weighted by atomic mass is 9.90. The van der Waals surface area contributed by atoms with Crippen LogP contribution in [0.2, 0.25) is 0 Å². The van der Waals surface area contributed by atoms with E-state index in [1.54, 1.807) is 0 Å². The van der Waals surface area contributed by atoms with Gasteiger partial charge in [-0.3, -0.25) is 24.1 Å². The summed E-state index contributed by atoms with van der Waals surface area (Å²) in [5, 5.41) is 1.39. The van der Waals surface area contributed by atoms with Crippen molar-refractivity contribution in [2.24, 2.45) is 11.7 Å². The number of hydroxylamine groups is 2.